The molecule has 1 aliphatic carbocycles. The highest BCUT2D eigenvalue weighted by Gasteiger charge is 2.27. The van der Waals surface area contributed by atoms with Gasteiger partial charge in [0, 0.05) is 25.7 Å². The lowest BCUT2D eigenvalue weighted by Crippen LogP contribution is -2.48. The van der Waals surface area contributed by atoms with Crippen molar-refractivity contribution >= 4 is 18.3 Å². The minimum atomic E-state index is -0.280. The molecule has 0 aromatic heterocycles. The SMILES string of the molecule is CCCCOC(C)C(=O)N1CCC(NCC2CC2)CC1.Cl. The number of carbonyl (C=O) groups excluding carboxylic acids is 1. The number of piperidine rings is 1. The smallest absolute Gasteiger partial charge is 0.251 e. The van der Waals surface area contributed by atoms with Gasteiger partial charge in [-0.2, -0.15) is 0 Å². The van der Waals surface area contributed by atoms with Crippen LogP contribution in [0.2, 0.25) is 0 Å². The van der Waals surface area contributed by atoms with E-state index < -0.39 is 0 Å². The van der Waals surface area contributed by atoms with E-state index in [1.807, 2.05) is 11.8 Å². The predicted molar refractivity (Wildman–Crippen MR) is 87.9 cm³/mol. The molecule has 0 aromatic carbocycles. The average Bonchev–Trinajstić information content (AvgIpc) is 3.29. The minimum Gasteiger partial charge on any atom is -0.369 e. The normalized spacial score (nSPS) is 21.0. The largest absolute Gasteiger partial charge is 0.369 e. The van der Waals surface area contributed by atoms with E-state index in [1.165, 1.54) is 19.4 Å². The Morgan fingerprint density at radius 3 is 2.52 bits per heavy atom. The molecule has 1 saturated heterocycles. The third kappa shape index (κ3) is 6.54. The van der Waals surface area contributed by atoms with Crippen molar-refractivity contribution in [1.29, 1.82) is 0 Å². The Morgan fingerprint density at radius 1 is 1.29 bits per heavy atom. The minimum absolute atomic E-state index is 0. The predicted octanol–water partition coefficient (Wildman–Crippen LogP) is 2.60. The first-order chi connectivity index (χ1) is 9.70. The highest BCUT2D eigenvalue weighted by Crippen LogP contribution is 2.28. The van der Waals surface area contributed by atoms with Crippen molar-refractivity contribution in [2.24, 2.45) is 5.92 Å². The Kier molecular flexibility index (Phi) is 8.60. The van der Waals surface area contributed by atoms with E-state index in [1.54, 1.807) is 0 Å². The molecule has 1 saturated carbocycles. The van der Waals surface area contributed by atoms with Crippen LogP contribution in [-0.4, -0.2) is 49.2 Å². The number of rotatable bonds is 8. The molecule has 5 heteroatoms. The molecule has 0 bridgehead atoms. The molecule has 21 heavy (non-hydrogen) atoms. The van der Waals surface area contributed by atoms with Crippen LogP contribution in [0.15, 0.2) is 0 Å². The summed E-state index contributed by atoms with van der Waals surface area (Å²) >= 11 is 0. The molecular formula is C16H31ClN2O2. The zero-order valence-electron chi connectivity index (χ0n) is 13.5. The van der Waals surface area contributed by atoms with Gasteiger partial charge in [0.25, 0.3) is 5.91 Å². The Labute approximate surface area is 135 Å². The third-order valence-electron chi connectivity index (χ3n) is 4.41. The maximum absolute atomic E-state index is 12.3. The third-order valence-corrected chi connectivity index (χ3v) is 4.41. The van der Waals surface area contributed by atoms with Gasteiger partial charge in [-0.3, -0.25) is 4.79 Å². The van der Waals surface area contributed by atoms with Gasteiger partial charge in [0.2, 0.25) is 0 Å². The molecule has 2 fully saturated rings. The maximum Gasteiger partial charge on any atom is 0.251 e. The Balaban J connectivity index is 0.00000220. The number of likely N-dealkylation sites (tertiary alicyclic amines) is 1. The number of amides is 1. The second-order valence-electron chi connectivity index (χ2n) is 6.32. The van der Waals surface area contributed by atoms with Gasteiger partial charge >= 0.3 is 0 Å². The first-order valence-electron chi connectivity index (χ1n) is 8.34. The molecular weight excluding hydrogens is 288 g/mol. The van der Waals surface area contributed by atoms with Gasteiger partial charge < -0.3 is 15.0 Å². The number of nitrogens with zero attached hydrogens (tertiary/aromatic N) is 1. The second kappa shape index (κ2) is 9.65. The number of carbonyl (C=O) groups is 1. The highest BCUT2D eigenvalue weighted by molar-refractivity contribution is 5.85. The van der Waals surface area contributed by atoms with Crippen molar-refractivity contribution < 1.29 is 9.53 Å². The van der Waals surface area contributed by atoms with Crippen LogP contribution in [0.1, 0.15) is 52.4 Å². The molecule has 0 aromatic rings. The van der Waals surface area contributed by atoms with Gasteiger partial charge in [-0.1, -0.05) is 13.3 Å². The number of halogens is 1. The van der Waals surface area contributed by atoms with E-state index in [2.05, 4.69) is 12.2 Å². The Morgan fingerprint density at radius 2 is 1.95 bits per heavy atom. The lowest BCUT2D eigenvalue weighted by Gasteiger charge is -2.34. The van der Waals surface area contributed by atoms with Crippen molar-refractivity contribution in [3.05, 3.63) is 0 Å². The quantitative estimate of drug-likeness (QED) is 0.699. The van der Waals surface area contributed by atoms with Crippen molar-refractivity contribution in [2.45, 2.75) is 64.5 Å². The van der Waals surface area contributed by atoms with Crippen molar-refractivity contribution in [2.75, 3.05) is 26.2 Å². The summed E-state index contributed by atoms with van der Waals surface area (Å²) in [4.78, 5) is 14.2. The summed E-state index contributed by atoms with van der Waals surface area (Å²) in [6.45, 7) is 7.65. The fraction of sp³-hybridized carbons (Fsp3) is 0.938. The van der Waals surface area contributed by atoms with E-state index in [0.717, 1.165) is 44.7 Å². The van der Waals surface area contributed by atoms with Crippen LogP contribution in [0.25, 0.3) is 0 Å². The summed E-state index contributed by atoms with van der Waals surface area (Å²) in [5, 5.41) is 3.64. The van der Waals surface area contributed by atoms with Crippen LogP contribution in [-0.2, 0) is 9.53 Å². The van der Waals surface area contributed by atoms with Crippen LogP contribution in [0.3, 0.4) is 0 Å². The molecule has 1 atom stereocenters. The topological polar surface area (TPSA) is 41.6 Å². The average molecular weight is 319 g/mol. The lowest BCUT2D eigenvalue weighted by molar-refractivity contribution is -0.143. The zero-order chi connectivity index (χ0) is 14.4. The monoisotopic (exact) mass is 318 g/mol. The fourth-order valence-electron chi connectivity index (χ4n) is 2.69. The summed E-state index contributed by atoms with van der Waals surface area (Å²) in [6.07, 6.45) is 6.83. The molecule has 1 amide bonds. The number of nitrogens with one attached hydrogen (secondary N) is 1. The first kappa shape index (κ1) is 18.7. The number of hydrogen-bond donors (Lipinski definition) is 1. The van der Waals surface area contributed by atoms with E-state index in [4.69, 9.17) is 4.74 Å². The molecule has 0 spiro atoms. The molecule has 1 heterocycles. The van der Waals surface area contributed by atoms with Gasteiger partial charge in [0.1, 0.15) is 6.10 Å². The maximum atomic E-state index is 12.3. The first-order valence-corrected chi connectivity index (χ1v) is 8.34. The van der Waals surface area contributed by atoms with E-state index in [0.29, 0.717) is 12.6 Å². The summed E-state index contributed by atoms with van der Waals surface area (Å²) in [6, 6.07) is 0.607. The number of ether oxygens (including phenoxy) is 1. The second-order valence-corrected chi connectivity index (χ2v) is 6.32. The van der Waals surface area contributed by atoms with E-state index in [9.17, 15) is 4.79 Å². The van der Waals surface area contributed by atoms with Crippen molar-refractivity contribution in [1.82, 2.24) is 10.2 Å². The fourth-order valence-corrected chi connectivity index (χ4v) is 2.69. The summed E-state index contributed by atoms with van der Waals surface area (Å²) in [7, 11) is 0. The van der Waals surface area contributed by atoms with Crippen molar-refractivity contribution in [3.8, 4) is 0 Å². The van der Waals surface area contributed by atoms with Gasteiger partial charge in [-0.15, -0.1) is 12.4 Å². The molecule has 1 N–H and O–H groups in total. The van der Waals surface area contributed by atoms with Crippen molar-refractivity contribution in [3.63, 3.8) is 0 Å². The highest BCUT2D eigenvalue weighted by atomic mass is 35.5. The van der Waals surface area contributed by atoms with E-state index >= 15 is 0 Å². The van der Waals surface area contributed by atoms with Gasteiger partial charge in [0.05, 0.1) is 0 Å². The summed E-state index contributed by atoms with van der Waals surface area (Å²) in [5.74, 6) is 1.10. The van der Waals surface area contributed by atoms with E-state index in [-0.39, 0.29) is 24.4 Å². The molecule has 124 valence electrons. The summed E-state index contributed by atoms with van der Waals surface area (Å²) in [5.41, 5.74) is 0. The zero-order valence-corrected chi connectivity index (χ0v) is 14.3. The number of hydrogen-bond acceptors (Lipinski definition) is 3. The van der Waals surface area contributed by atoms with Gasteiger partial charge in [-0.25, -0.2) is 0 Å². The van der Waals surface area contributed by atoms with Crippen LogP contribution in [0.4, 0.5) is 0 Å². The summed E-state index contributed by atoms with van der Waals surface area (Å²) < 4.78 is 5.60. The molecule has 0 radical (unpaired) electrons. The van der Waals surface area contributed by atoms with Gasteiger partial charge in [0.15, 0.2) is 0 Å². The van der Waals surface area contributed by atoms with Crippen LogP contribution in [0, 0.1) is 5.92 Å². The van der Waals surface area contributed by atoms with Crippen LogP contribution < -0.4 is 5.32 Å². The molecule has 2 rings (SSSR count). The standard InChI is InChI=1S/C16H30N2O2.ClH/c1-3-4-11-20-13(2)16(19)18-9-7-15(8-10-18)17-12-14-5-6-14;/h13-15,17H,3-12H2,1-2H3;1H. The molecule has 2 aliphatic rings. The Bertz CT molecular complexity index is 303. The van der Waals surface area contributed by atoms with Crippen LogP contribution in [0.5, 0.6) is 0 Å². The van der Waals surface area contributed by atoms with Gasteiger partial charge in [-0.05, 0) is 51.5 Å². The van der Waals surface area contributed by atoms with Crippen LogP contribution >= 0.6 is 12.4 Å². The lowest BCUT2D eigenvalue weighted by atomic mass is 10.0. The molecule has 1 unspecified atom stereocenters. The Hall–Kier alpha value is -0.320. The molecule has 1 aliphatic heterocycles. The number of unbranched alkanes of at least 4 members (excludes halogenated alkanes) is 1. The molecule has 4 nitrogen and oxygen atoms in total.